The normalized spacial score (nSPS) is 11.3. The SMILES string of the molecule is Cc1cncc(CS(=O)(=O)c2cc(C(=O)O)ccc2C)c1. The number of sulfone groups is 1. The molecule has 6 heteroatoms. The molecule has 2 aromatic rings. The molecule has 0 amide bonds. The minimum absolute atomic E-state index is 0.0402. The number of carbonyl (C=O) groups is 1. The number of hydrogen-bond acceptors (Lipinski definition) is 4. The van der Waals surface area contributed by atoms with E-state index in [4.69, 9.17) is 5.11 Å². The lowest BCUT2D eigenvalue weighted by Crippen LogP contribution is -2.09. The van der Waals surface area contributed by atoms with Crippen molar-refractivity contribution < 1.29 is 18.3 Å². The van der Waals surface area contributed by atoms with Crippen LogP contribution in [0.25, 0.3) is 0 Å². The van der Waals surface area contributed by atoms with E-state index in [-0.39, 0.29) is 16.2 Å². The first-order chi connectivity index (χ1) is 9.79. The standard InChI is InChI=1S/C15H15NO4S/c1-10-5-12(8-16-7-10)9-21(19,20)14-6-13(15(17)18)4-3-11(14)2/h3-8H,9H2,1-2H3,(H,17,18). The maximum absolute atomic E-state index is 12.5. The van der Waals surface area contributed by atoms with E-state index in [0.717, 1.165) is 5.56 Å². The second-order valence-corrected chi connectivity index (χ2v) is 6.87. The van der Waals surface area contributed by atoms with Gasteiger partial charge in [-0.1, -0.05) is 12.1 Å². The third kappa shape index (κ3) is 3.46. The highest BCUT2D eigenvalue weighted by atomic mass is 32.2. The molecule has 0 aliphatic carbocycles. The number of nitrogens with zero attached hydrogens (tertiary/aromatic N) is 1. The van der Waals surface area contributed by atoms with Crippen LogP contribution in [0.2, 0.25) is 0 Å². The number of carboxylic acids is 1. The lowest BCUT2D eigenvalue weighted by molar-refractivity contribution is 0.0696. The summed E-state index contributed by atoms with van der Waals surface area (Å²) in [4.78, 5) is 15.0. The Morgan fingerprint density at radius 3 is 2.52 bits per heavy atom. The maximum Gasteiger partial charge on any atom is 0.335 e. The highest BCUT2D eigenvalue weighted by Gasteiger charge is 2.20. The third-order valence-electron chi connectivity index (χ3n) is 3.06. The number of carboxylic acid groups (broad SMARTS) is 1. The van der Waals surface area contributed by atoms with Gasteiger partial charge in [-0.15, -0.1) is 0 Å². The lowest BCUT2D eigenvalue weighted by atomic mass is 10.1. The van der Waals surface area contributed by atoms with E-state index in [2.05, 4.69) is 4.98 Å². The number of hydrogen-bond donors (Lipinski definition) is 1. The number of benzene rings is 1. The van der Waals surface area contributed by atoms with Crippen molar-refractivity contribution in [3.8, 4) is 0 Å². The topological polar surface area (TPSA) is 84.3 Å². The van der Waals surface area contributed by atoms with E-state index < -0.39 is 15.8 Å². The summed E-state index contributed by atoms with van der Waals surface area (Å²) in [7, 11) is -3.62. The molecule has 0 unspecified atom stereocenters. The van der Waals surface area contributed by atoms with Crippen molar-refractivity contribution in [2.75, 3.05) is 0 Å². The second-order valence-electron chi connectivity index (χ2n) is 4.92. The molecule has 0 atom stereocenters. The van der Waals surface area contributed by atoms with Crippen LogP contribution in [0, 0.1) is 13.8 Å². The molecular weight excluding hydrogens is 290 g/mol. The first kappa shape index (κ1) is 15.2. The Hall–Kier alpha value is -2.21. The Morgan fingerprint density at radius 2 is 1.90 bits per heavy atom. The van der Waals surface area contributed by atoms with Crippen molar-refractivity contribution in [3.63, 3.8) is 0 Å². The van der Waals surface area contributed by atoms with Gasteiger partial charge in [0.1, 0.15) is 0 Å². The summed E-state index contributed by atoms with van der Waals surface area (Å²) in [6.45, 7) is 3.48. The van der Waals surface area contributed by atoms with Gasteiger partial charge >= 0.3 is 5.97 Å². The Balaban J connectivity index is 2.44. The van der Waals surface area contributed by atoms with Gasteiger partial charge < -0.3 is 5.11 Å². The average molecular weight is 305 g/mol. The van der Waals surface area contributed by atoms with E-state index >= 15 is 0 Å². The third-order valence-corrected chi connectivity index (χ3v) is 4.88. The zero-order valence-corrected chi connectivity index (χ0v) is 12.5. The van der Waals surface area contributed by atoms with Crippen LogP contribution in [0.5, 0.6) is 0 Å². The minimum Gasteiger partial charge on any atom is -0.478 e. The van der Waals surface area contributed by atoms with E-state index in [1.165, 1.54) is 24.4 Å². The van der Waals surface area contributed by atoms with Crippen molar-refractivity contribution in [2.45, 2.75) is 24.5 Å². The van der Waals surface area contributed by atoms with Crippen LogP contribution in [0.1, 0.15) is 27.0 Å². The van der Waals surface area contributed by atoms with Crippen molar-refractivity contribution in [1.29, 1.82) is 0 Å². The smallest absolute Gasteiger partial charge is 0.335 e. The molecule has 5 nitrogen and oxygen atoms in total. The summed E-state index contributed by atoms with van der Waals surface area (Å²) in [6.07, 6.45) is 3.15. The fourth-order valence-corrected chi connectivity index (χ4v) is 3.68. The Morgan fingerprint density at radius 1 is 1.19 bits per heavy atom. The summed E-state index contributed by atoms with van der Waals surface area (Å²) >= 11 is 0. The van der Waals surface area contributed by atoms with Gasteiger partial charge in [0.05, 0.1) is 16.2 Å². The lowest BCUT2D eigenvalue weighted by Gasteiger charge is -2.09. The molecule has 1 aromatic carbocycles. The van der Waals surface area contributed by atoms with Crippen molar-refractivity contribution >= 4 is 15.8 Å². The molecular formula is C15H15NO4S. The van der Waals surface area contributed by atoms with Gasteiger partial charge in [0.25, 0.3) is 0 Å². The highest BCUT2D eigenvalue weighted by molar-refractivity contribution is 7.90. The Bertz CT molecular complexity index is 797. The van der Waals surface area contributed by atoms with Gasteiger partial charge in [-0.05, 0) is 42.7 Å². The Kier molecular flexibility index (Phi) is 4.09. The van der Waals surface area contributed by atoms with Crippen LogP contribution in [-0.2, 0) is 15.6 Å². The highest BCUT2D eigenvalue weighted by Crippen LogP contribution is 2.22. The summed E-state index contributed by atoms with van der Waals surface area (Å²) in [5, 5.41) is 8.99. The summed E-state index contributed by atoms with van der Waals surface area (Å²) in [6, 6.07) is 5.85. The minimum atomic E-state index is -3.62. The van der Waals surface area contributed by atoms with E-state index in [1.807, 2.05) is 6.92 Å². The predicted octanol–water partition coefficient (Wildman–Crippen LogP) is 2.37. The van der Waals surface area contributed by atoms with Crippen LogP contribution in [0.3, 0.4) is 0 Å². The van der Waals surface area contributed by atoms with Crippen molar-refractivity contribution in [1.82, 2.24) is 4.98 Å². The number of rotatable bonds is 4. The van der Waals surface area contributed by atoms with Crippen LogP contribution in [-0.4, -0.2) is 24.5 Å². The van der Waals surface area contributed by atoms with Crippen LogP contribution < -0.4 is 0 Å². The molecule has 0 aliphatic heterocycles. The molecule has 0 fully saturated rings. The Labute approximate surface area is 123 Å². The van der Waals surface area contributed by atoms with E-state index in [0.29, 0.717) is 11.1 Å². The molecule has 0 saturated heterocycles. The molecule has 110 valence electrons. The predicted molar refractivity (Wildman–Crippen MR) is 78.0 cm³/mol. The maximum atomic E-state index is 12.5. The zero-order chi connectivity index (χ0) is 15.6. The average Bonchev–Trinajstić information content (AvgIpc) is 2.38. The molecule has 2 rings (SSSR count). The quantitative estimate of drug-likeness (QED) is 0.937. The van der Waals surface area contributed by atoms with Crippen molar-refractivity contribution in [3.05, 3.63) is 58.9 Å². The summed E-state index contributed by atoms with van der Waals surface area (Å²) in [5.41, 5.74) is 1.94. The summed E-state index contributed by atoms with van der Waals surface area (Å²) < 4.78 is 25.0. The number of aromatic nitrogens is 1. The van der Waals surface area contributed by atoms with Gasteiger partial charge in [0.15, 0.2) is 9.84 Å². The van der Waals surface area contributed by atoms with Gasteiger partial charge in [0, 0.05) is 12.4 Å². The molecule has 21 heavy (non-hydrogen) atoms. The molecule has 1 N–H and O–H groups in total. The van der Waals surface area contributed by atoms with Gasteiger partial charge in [-0.3, -0.25) is 4.98 Å². The van der Waals surface area contributed by atoms with E-state index in [1.54, 1.807) is 19.2 Å². The van der Waals surface area contributed by atoms with Gasteiger partial charge in [0.2, 0.25) is 0 Å². The monoisotopic (exact) mass is 305 g/mol. The number of aryl methyl sites for hydroxylation is 2. The number of aromatic carboxylic acids is 1. The molecule has 1 aromatic heterocycles. The first-order valence-electron chi connectivity index (χ1n) is 6.27. The number of pyridine rings is 1. The fourth-order valence-electron chi connectivity index (χ4n) is 2.06. The summed E-state index contributed by atoms with van der Waals surface area (Å²) in [5.74, 6) is -1.35. The zero-order valence-electron chi connectivity index (χ0n) is 11.7. The first-order valence-corrected chi connectivity index (χ1v) is 7.92. The molecule has 0 radical (unpaired) electrons. The van der Waals surface area contributed by atoms with Gasteiger partial charge in [-0.2, -0.15) is 0 Å². The van der Waals surface area contributed by atoms with Crippen molar-refractivity contribution in [2.24, 2.45) is 0 Å². The molecule has 0 saturated carbocycles. The van der Waals surface area contributed by atoms with E-state index in [9.17, 15) is 13.2 Å². The molecule has 0 bridgehead atoms. The van der Waals surface area contributed by atoms with Crippen LogP contribution >= 0.6 is 0 Å². The van der Waals surface area contributed by atoms with Crippen LogP contribution in [0.15, 0.2) is 41.6 Å². The molecule has 1 heterocycles. The molecule has 0 spiro atoms. The van der Waals surface area contributed by atoms with Gasteiger partial charge in [-0.25, -0.2) is 13.2 Å². The van der Waals surface area contributed by atoms with Crippen LogP contribution in [0.4, 0.5) is 0 Å². The second kappa shape index (κ2) is 5.65. The fraction of sp³-hybridized carbons (Fsp3) is 0.200. The molecule has 0 aliphatic rings. The largest absolute Gasteiger partial charge is 0.478 e.